The van der Waals surface area contributed by atoms with Gasteiger partial charge in [-0.05, 0) is 17.7 Å². The van der Waals surface area contributed by atoms with Gasteiger partial charge in [0.2, 0.25) is 0 Å². The van der Waals surface area contributed by atoms with Crippen molar-refractivity contribution in [2.24, 2.45) is 0 Å². The summed E-state index contributed by atoms with van der Waals surface area (Å²) in [6.07, 6.45) is 0. The smallest absolute Gasteiger partial charge is 0.360 e. The van der Waals surface area contributed by atoms with Crippen LogP contribution in [0.25, 0.3) is 0 Å². The Hall–Kier alpha value is -1.16. The van der Waals surface area contributed by atoms with E-state index in [0.717, 1.165) is 5.56 Å². The normalized spacial score (nSPS) is 11.1. The zero-order chi connectivity index (χ0) is 12.0. The molecular weight excluding hydrogens is 231 g/mol. The Morgan fingerprint density at radius 2 is 1.75 bits per heavy atom. The maximum atomic E-state index is 11.9. The van der Waals surface area contributed by atoms with Crippen LogP contribution in [-0.4, -0.2) is 20.7 Å². The third-order valence-electron chi connectivity index (χ3n) is 2.05. The zero-order valence-electron chi connectivity index (χ0n) is 9.08. The highest BCUT2D eigenvalue weighted by Gasteiger charge is 2.23. The summed E-state index contributed by atoms with van der Waals surface area (Å²) in [6, 6.07) is 6.64. The van der Waals surface area contributed by atoms with Gasteiger partial charge in [-0.3, -0.25) is 9.36 Å². The molecule has 0 radical (unpaired) electrons. The van der Waals surface area contributed by atoms with Crippen LogP contribution in [0.3, 0.4) is 0 Å². The molecule has 1 rings (SSSR count). The standard InChI is InChI=1S/C10H13O5P/c1-13-16(12,14-2)10-5-3-9(4-6-10)7-15-8-11/h3-6,8H,7H2,1-2H3. The first-order chi connectivity index (χ1) is 7.66. The molecule has 0 spiro atoms. The number of hydrogen-bond acceptors (Lipinski definition) is 5. The van der Waals surface area contributed by atoms with E-state index in [9.17, 15) is 9.36 Å². The third kappa shape index (κ3) is 2.92. The van der Waals surface area contributed by atoms with Gasteiger partial charge in [-0.1, -0.05) is 12.1 Å². The minimum absolute atomic E-state index is 0.189. The second kappa shape index (κ2) is 5.80. The van der Waals surface area contributed by atoms with E-state index in [-0.39, 0.29) is 6.61 Å². The maximum Gasteiger partial charge on any atom is 0.360 e. The molecule has 0 saturated heterocycles. The van der Waals surface area contributed by atoms with Crippen molar-refractivity contribution in [1.82, 2.24) is 0 Å². The molecule has 0 aliphatic rings. The van der Waals surface area contributed by atoms with Crippen LogP contribution >= 0.6 is 7.60 Å². The van der Waals surface area contributed by atoms with Crippen LogP contribution in [0.5, 0.6) is 0 Å². The van der Waals surface area contributed by atoms with Gasteiger partial charge in [-0.25, -0.2) is 0 Å². The van der Waals surface area contributed by atoms with Crippen LogP contribution in [0.4, 0.5) is 0 Å². The topological polar surface area (TPSA) is 61.8 Å². The molecule has 0 aliphatic carbocycles. The van der Waals surface area contributed by atoms with Gasteiger partial charge in [0.05, 0.1) is 5.30 Å². The van der Waals surface area contributed by atoms with E-state index >= 15 is 0 Å². The van der Waals surface area contributed by atoms with Crippen molar-refractivity contribution < 1.29 is 23.1 Å². The van der Waals surface area contributed by atoms with Crippen LogP contribution in [0, 0.1) is 0 Å². The second-order valence-electron chi connectivity index (χ2n) is 2.94. The summed E-state index contributed by atoms with van der Waals surface area (Å²) in [5.74, 6) is 0. The second-order valence-corrected chi connectivity index (χ2v) is 5.18. The molecule has 6 heteroatoms. The van der Waals surface area contributed by atoms with Gasteiger partial charge < -0.3 is 13.8 Å². The van der Waals surface area contributed by atoms with Gasteiger partial charge in [-0.2, -0.15) is 0 Å². The SMILES string of the molecule is COP(=O)(OC)c1ccc(COC=O)cc1. The predicted octanol–water partition coefficient (Wildman–Crippen LogP) is 1.47. The molecule has 16 heavy (non-hydrogen) atoms. The number of ether oxygens (including phenoxy) is 1. The lowest BCUT2D eigenvalue weighted by Crippen LogP contribution is -2.07. The van der Waals surface area contributed by atoms with Crippen LogP contribution in [-0.2, 0) is 29.8 Å². The number of benzene rings is 1. The van der Waals surface area contributed by atoms with Crippen LogP contribution in [0.1, 0.15) is 5.56 Å². The summed E-state index contributed by atoms with van der Waals surface area (Å²) < 4.78 is 26.2. The van der Waals surface area contributed by atoms with E-state index in [1.54, 1.807) is 24.3 Å². The lowest BCUT2D eigenvalue weighted by atomic mass is 10.2. The molecule has 0 amide bonds. The van der Waals surface area contributed by atoms with Crippen molar-refractivity contribution in [2.75, 3.05) is 14.2 Å². The van der Waals surface area contributed by atoms with Gasteiger partial charge in [0, 0.05) is 14.2 Å². The summed E-state index contributed by atoms with van der Waals surface area (Å²) in [7, 11) is -0.535. The van der Waals surface area contributed by atoms with E-state index in [0.29, 0.717) is 11.8 Å². The fraction of sp³-hybridized carbons (Fsp3) is 0.300. The molecule has 0 aliphatic heterocycles. The minimum atomic E-state index is -3.19. The van der Waals surface area contributed by atoms with Gasteiger partial charge >= 0.3 is 7.60 Å². The largest absolute Gasteiger partial charge is 0.463 e. The molecule has 0 N–H and O–H groups in total. The van der Waals surface area contributed by atoms with E-state index in [1.165, 1.54) is 14.2 Å². The Bertz CT molecular complexity index is 379. The lowest BCUT2D eigenvalue weighted by molar-refractivity contribution is -0.129. The number of carbonyl (C=O) groups excluding carboxylic acids is 1. The van der Waals surface area contributed by atoms with Crippen molar-refractivity contribution in [3.63, 3.8) is 0 Å². The molecule has 0 bridgehead atoms. The molecule has 0 saturated carbocycles. The number of carbonyl (C=O) groups is 1. The summed E-state index contributed by atoms with van der Waals surface area (Å²) in [4.78, 5) is 9.99. The van der Waals surface area contributed by atoms with Crippen LogP contribution < -0.4 is 5.30 Å². The van der Waals surface area contributed by atoms with E-state index < -0.39 is 7.60 Å². The molecule has 1 aromatic carbocycles. The van der Waals surface area contributed by atoms with Gasteiger partial charge in [0.1, 0.15) is 6.61 Å². The summed E-state index contributed by atoms with van der Waals surface area (Å²) in [6.45, 7) is 0.567. The molecule has 88 valence electrons. The highest BCUT2D eigenvalue weighted by atomic mass is 31.2. The molecule has 0 unspecified atom stereocenters. The molecule has 0 fully saturated rings. The Balaban J connectivity index is 2.85. The fourth-order valence-corrected chi connectivity index (χ4v) is 2.28. The first-order valence-electron chi connectivity index (χ1n) is 4.52. The predicted molar refractivity (Wildman–Crippen MR) is 58.6 cm³/mol. The van der Waals surface area contributed by atoms with E-state index in [4.69, 9.17) is 9.05 Å². The molecule has 5 nitrogen and oxygen atoms in total. The third-order valence-corrected chi connectivity index (χ3v) is 3.94. The van der Waals surface area contributed by atoms with Crippen molar-refractivity contribution in [3.05, 3.63) is 29.8 Å². The molecular formula is C10H13O5P. The Morgan fingerprint density at radius 1 is 1.19 bits per heavy atom. The Morgan fingerprint density at radius 3 is 2.19 bits per heavy atom. The summed E-state index contributed by atoms with van der Waals surface area (Å²) in [5, 5.41) is 0.465. The van der Waals surface area contributed by atoms with Crippen molar-refractivity contribution in [2.45, 2.75) is 6.61 Å². The van der Waals surface area contributed by atoms with Gasteiger partial charge in [-0.15, -0.1) is 0 Å². The van der Waals surface area contributed by atoms with Crippen LogP contribution in [0.2, 0.25) is 0 Å². The average molecular weight is 244 g/mol. The molecule has 0 heterocycles. The minimum Gasteiger partial charge on any atom is -0.463 e. The van der Waals surface area contributed by atoms with Gasteiger partial charge in [0.15, 0.2) is 0 Å². The summed E-state index contributed by atoms with van der Waals surface area (Å²) >= 11 is 0. The lowest BCUT2D eigenvalue weighted by Gasteiger charge is -2.13. The zero-order valence-corrected chi connectivity index (χ0v) is 9.98. The number of hydrogen-bond donors (Lipinski definition) is 0. The Kier molecular flexibility index (Phi) is 4.68. The van der Waals surface area contributed by atoms with Crippen molar-refractivity contribution in [3.8, 4) is 0 Å². The average Bonchev–Trinajstić information content (AvgIpc) is 2.36. The summed E-state index contributed by atoms with van der Waals surface area (Å²) in [5.41, 5.74) is 0.801. The van der Waals surface area contributed by atoms with Crippen molar-refractivity contribution >= 4 is 19.4 Å². The van der Waals surface area contributed by atoms with Crippen LogP contribution in [0.15, 0.2) is 24.3 Å². The highest BCUT2D eigenvalue weighted by molar-refractivity contribution is 7.62. The highest BCUT2D eigenvalue weighted by Crippen LogP contribution is 2.44. The van der Waals surface area contributed by atoms with E-state index in [1.807, 2.05) is 0 Å². The number of rotatable bonds is 6. The first kappa shape index (κ1) is 12.9. The molecule has 1 aromatic rings. The molecule has 0 aromatic heterocycles. The fourth-order valence-electron chi connectivity index (χ4n) is 1.19. The molecule has 0 atom stereocenters. The monoisotopic (exact) mass is 244 g/mol. The van der Waals surface area contributed by atoms with Crippen molar-refractivity contribution in [1.29, 1.82) is 0 Å². The van der Waals surface area contributed by atoms with E-state index in [2.05, 4.69) is 4.74 Å². The van der Waals surface area contributed by atoms with Gasteiger partial charge in [0.25, 0.3) is 6.47 Å². The Labute approximate surface area is 93.9 Å². The first-order valence-corrected chi connectivity index (χ1v) is 6.07. The maximum absolute atomic E-state index is 11.9. The quantitative estimate of drug-likeness (QED) is 0.560.